The van der Waals surface area contributed by atoms with Gasteiger partial charge in [0.05, 0.1) is 17.7 Å². The topological polar surface area (TPSA) is 73.2 Å². The Bertz CT molecular complexity index is 768. The smallest absolute Gasteiger partial charge is 0.263 e. The lowest BCUT2D eigenvalue weighted by molar-refractivity contribution is 0.339. The van der Waals surface area contributed by atoms with Gasteiger partial charge in [-0.1, -0.05) is 6.07 Å². The quantitative estimate of drug-likeness (QED) is 0.918. The second-order valence-corrected chi connectivity index (χ2v) is 6.86. The fourth-order valence-corrected chi connectivity index (χ4v) is 3.68. The summed E-state index contributed by atoms with van der Waals surface area (Å²) in [4.78, 5) is 4.48. The molecule has 1 aromatic carbocycles. The third kappa shape index (κ3) is 2.94. The van der Waals surface area contributed by atoms with Crippen LogP contribution in [0.5, 0.6) is 5.75 Å². The van der Waals surface area contributed by atoms with Crippen LogP contribution in [0.1, 0.15) is 25.6 Å². The van der Waals surface area contributed by atoms with E-state index in [1.807, 2.05) is 11.5 Å². The van der Waals surface area contributed by atoms with E-state index in [4.69, 9.17) is 4.74 Å². The van der Waals surface area contributed by atoms with Gasteiger partial charge in [-0.25, -0.2) is 13.4 Å². The standard InChI is InChI=1S/C15H19N3O3S/c1-2-21-12-6-5-7-13(10-12)22(19,20)17-15-11-16-14-8-3-4-9-18(14)15/h5-7,10-11,17H,2-4,8-9H2,1H3. The average Bonchev–Trinajstić information content (AvgIpc) is 2.91. The third-order valence-corrected chi connectivity index (χ3v) is 4.99. The van der Waals surface area contributed by atoms with Crippen molar-refractivity contribution in [2.24, 2.45) is 0 Å². The van der Waals surface area contributed by atoms with Crippen LogP contribution in [0, 0.1) is 0 Å². The molecule has 0 fully saturated rings. The summed E-state index contributed by atoms with van der Waals surface area (Å²) in [7, 11) is -3.65. The second kappa shape index (κ2) is 6.00. The third-order valence-electron chi connectivity index (χ3n) is 3.64. The van der Waals surface area contributed by atoms with Crippen LogP contribution in [0.25, 0.3) is 0 Å². The number of fused-ring (bicyclic) bond motifs is 1. The average molecular weight is 321 g/mol. The van der Waals surface area contributed by atoms with E-state index in [-0.39, 0.29) is 4.90 Å². The first-order valence-corrected chi connectivity index (χ1v) is 8.88. The van der Waals surface area contributed by atoms with Crippen molar-refractivity contribution in [2.75, 3.05) is 11.3 Å². The van der Waals surface area contributed by atoms with E-state index in [0.717, 1.165) is 31.6 Å². The molecular formula is C15H19N3O3S. The van der Waals surface area contributed by atoms with Crippen molar-refractivity contribution in [3.63, 3.8) is 0 Å². The highest BCUT2D eigenvalue weighted by Crippen LogP contribution is 2.24. The number of sulfonamides is 1. The van der Waals surface area contributed by atoms with Crippen LogP contribution in [0.15, 0.2) is 35.4 Å². The normalized spacial score (nSPS) is 14.4. The summed E-state index contributed by atoms with van der Waals surface area (Å²) in [5.74, 6) is 2.00. The van der Waals surface area contributed by atoms with Gasteiger partial charge in [0.2, 0.25) is 0 Å². The number of imidazole rings is 1. The lowest BCUT2D eigenvalue weighted by atomic mass is 10.2. The molecule has 0 saturated carbocycles. The Morgan fingerprint density at radius 2 is 2.23 bits per heavy atom. The molecule has 0 atom stereocenters. The molecule has 0 radical (unpaired) electrons. The van der Waals surface area contributed by atoms with Gasteiger partial charge in [-0.05, 0) is 31.9 Å². The number of ether oxygens (including phenoxy) is 1. The highest BCUT2D eigenvalue weighted by atomic mass is 32.2. The first-order valence-electron chi connectivity index (χ1n) is 7.40. The molecule has 1 aromatic heterocycles. The number of aromatic nitrogens is 2. The first-order chi connectivity index (χ1) is 10.6. The summed E-state index contributed by atoms with van der Waals surface area (Å²) in [6, 6.07) is 6.49. The van der Waals surface area contributed by atoms with Gasteiger partial charge in [0.25, 0.3) is 10.0 Å². The molecular weight excluding hydrogens is 302 g/mol. The second-order valence-electron chi connectivity index (χ2n) is 5.18. The zero-order valence-corrected chi connectivity index (χ0v) is 13.3. The highest BCUT2D eigenvalue weighted by Gasteiger charge is 2.20. The van der Waals surface area contributed by atoms with E-state index < -0.39 is 10.0 Å². The summed E-state index contributed by atoms with van der Waals surface area (Å²) in [5.41, 5.74) is 0. The van der Waals surface area contributed by atoms with Gasteiger partial charge in [-0.15, -0.1) is 0 Å². The van der Waals surface area contributed by atoms with E-state index in [9.17, 15) is 8.42 Å². The van der Waals surface area contributed by atoms with Crippen LogP contribution in [-0.4, -0.2) is 24.6 Å². The zero-order chi connectivity index (χ0) is 15.6. The Morgan fingerprint density at radius 3 is 3.05 bits per heavy atom. The minimum absolute atomic E-state index is 0.185. The lowest BCUT2D eigenvalue weighted by Crippen LogP contribution is -2.18. The van der Waals surface area contributed by atoms with E-state index in [2.05, 4.69) is 9.71 Å². The van der Waals surface area contributed by atoms with Crippen LogP contribution >= 0.6 is 0 Å². The van der Waals surface area contributed by atoms with E-state index >= 15 is 0 Å². The Kier molecular flexibility index (Phi) is 4.06. The molecule has 0 amide bonds. The largest absolute Gasteiger partial charge is 0.494 e. The molecule has 3 rings (SSSR count). The summed E-state index contributed by atoms with van der Waals surface area (Å²) in [5, 5.41) is 0. The fourth-order valence-electron chi connectivity index (χ4n) is 2.59. The monoisotopic (exact) mass is 321 g/mol. The molecule has 2 aromatic rings. The van der Waals surface area contributed by atoms with E-state index in [1.165, 1.54) is 6.07 Å². The molecule has 0 aliphatic carbocycles. The lowest BCUT2D eigenvalue weighted by Gasteiger charge is -2.17. The number of hydrogen-bond donors (Lipinski definition) is 1. The Balaban J connectivity index is 1.87. The van der Waals surface area contributed by atoms with Crippen LogP contribution in [0.2, 0.25) is 0 Å². The highest BCUT2D eigenvalue weighted by molar-refractivity contribution is 7.92. The van der Waals surface area contributed by atoms with Gasteiger partial charge in [0.1, 0.15) is 17.4 Å². The summed E-state index contributed by atoms with van der Waals surface area (Å²) >= 11 is 0. The number of anilines is 1. The Hall–Kier alpha value is -2.02. The molecule has 0 unspecified atom stereocenters. The molecule has 6 nitrogen and oxygen atoms in total. The molecule has 7 heteroatoms. The van der Waals surface area contributed by atoms with Gasteiger partial charge in [-0.3, -0.25) is 4.72 Å². The molecule has 0 saturated heterocycles. The van der Waals surface area contributed by atoms with Gasteiger partial charge in [0, 0.05) is 19.0 Å². The van der Waals surface area contributed by atoms with Gasteiger partial charge in [0.15, 0.2) is 0 Å². The summed E-state index contributed by atoms with van der Waals surface area (Å²) < 4.78 is 35.0. The van der Waals surface area contributed by atoms with Crippen molar-refractivity contribution in [2.45, 2.75) is 37.6 Å². The van der Waals surface area contributed by atoms with Crippen molar-refractivity contribution in [3.05, 3.63) is 36.3 Å². The van der Waals surface area contributed by atoms with Crippen molar-refractivity contribution in [1.82, 2.24) is 9.55 Å². The van der Waals surface area contributed by atoms with Crippen LogP contribution in [0.4, 0.5) is 5.82 Å². The molecule has 0 spiro atoms. The zero-order valence-electron chi connectivity index (χ0n) is 12.4. The number of hydrogen-bond acceptors (Lipinski definition) is 4. The maximum Gasteiger partial charge on any atom is 0.263 e. The fraction of sp³-hybridized carbons (Fsp3) is 0.400. The minimum Gasteiger partial charge on any atom is -0.494 e. The van der Waals surface area contributed by atoms with Crippen molar-refractivity contribution >= 4 is 15.8 Å². The predicted molar refractivity (Wildman–Crippen MR) is 83.6 cm³/mol. The van der Waals surface area contributed by atoms with E-state index in [1.54, 1.807) is 24.4 Å². The number of nitrogens with one attached hydrogen (secondary N) is 1. The maximum atomic E-state index is 12.5. The Morgan fingerprint density at radius 1 is 1.36 bits per heavy atom. The van der Waals surface area contributed by atoms with Gasteiger partial charge < -0.3 is 9.30 Å². The SMILES string of the molecule is CCOc1cccc(S(=O)(=O)Nc2cnc3n2CCCC3)c1. The predicted octanol–water partition coefficient (Wildman–Crippen LogP) is 2.42. The van der Waals surface area contributed by atoms with E-state index in [0.29, 0.717) is 18.2 Å². The minimum atomic E-state index is -3.65. The number of aryl methyl sites for hydroxylation is 1. The first kappa shape index (κ1) is 14.9. The molecule has 1 N–H and O–H groups in total. The number of nitrogens with zero attached hydrogens (tertiary/aromatic N) is 2. The van der Waals surface area contributed by atoms with Crippen molar-refractivity contribution in [3.8, 4) is 5.75 Å². The van der Waals surface area contributed by atoms with Crippen LogP contribution < -0.4 is 9.46 Å². The van der Waals surface area contributed by atoms with Crippen LogP contribution in [0.3, 0.4) is 0 Å². The summed E-state index contributed by atoms with van der Waals surface area (Å²) in [6.45, 7) is 3.15. The summed E-state index contributed by atoms with van der Waals surface area (Å²) in [6.07, 6.45) is 4.61. The molecule has 1 aliphatic heterocycles. The van der Waals surface area contributed by atoms with Crippen LogP contribution in [-0.2, 0) is 23.0 Å². The van der Waals surface area contributed by atoms with Gasteiger partial charge >= 0.3 is 0 Å². The molecule has 22 heavy (non-hydrogen) atoms. The molecule has 2 heterocycles. The number of rotatable bonds is 5. The molecule has 0 bridgehead atoms. The molecule has 1 aliphatic rings. The maximum absolute atomic E-state index is 12.5. The molecule has 118 valence electrons. The number of benzene rings is 1. The Labute approximate surface area is 130 Å². The van der Waals surface area contributed by atoms with Crippen molar-refractivity contribution in [1.29, 1.82) is 0 Å². The van der Waals surface area contributed by atoms with Crippen molar-refractivity contribution < 1.29 is 13.2 Å². The van der Waals surface area contributed by atoms with Gasteiger partial charge in [-0.2, -0.15) is 0 Å².